The van der Waals surface area contributed by atoms with Crippen LogP contribution in [0.4, 0.5) is 0 Å². The number of amides is 1. The lowest BCUT2D eigenvalue weighted by Crippen LogP contribution is -2.51. The molecule has 2 N–H and O–H groups in total. The summed E-state index contributed by atoms with van der Waals surface area (Å²) in [4.78, 5) is 25.0. The van der Waals surface area contributed by atoms with Crippen LogP contribution in [-0.4, -0.2) is 49.7 Å². The van der Waals surface area contributed by atoms with E-state index in [0.29, 0.717) is 6.54 Å². The van der Waals surface area contributed by atoms with Crippen LogP contribution in [0.25, 0.3) is 0 Å². The lowest BCUT2D eigenvalue weighted by molar-refractivity contribution is -0.147. The second-order valence-electron chi connectivity index (χ2n) is 5.34. The highest BCUT2D eigenvalue weighted by Crippen LogP contribution is 2.25. The van der Waals surface area contributed by atoms with E-state index >= 15 is 0 Å². The first-order valence-electron chi connectivity index (χ1n) is 6.89. The van der Waals surface area contributed by atoms with Crippen LogP contribution in [-0.2, 0) is 14.3 Å². The predicted molar refractivity (Wildman–Crippen MR) is 69.0 cm³/mol. The van der Waals surface area contributed by atoms with Crippen molar-refractivity contribution in [3.8, 4) is 0 Å². The van der Waals surface area contributed by atoms with Gasteiger partial charge in [-0.05, 0) is 25.7 Å². The molecule has 6 nitrogen and oxygen atoms in total. The molecule has 2 atom stereocenters. The Morgan fingerprint density at radius 2 is 1.89 bits per heavy atom. The van der Waals surface area contributed by atoms with Crippen molar-refractivity contribution < 1.29 is 14.3 Å². The molecular weight excluding hydrogens is 246 g/mol. The predicted octanol–water partition coefficient (Wildman–Crippen LogP) is -0.303. The maximum atomic E-state index is 11.5. The molecule has 6 heteroatoms. The van der Waals surface area contributed by atoms with Crippen LogP contribution in [0.5, 0.6) is 0 Å². The molecule has 1 radical (unpaired) electrons. The van der Waals surface area contributed by atoms with Crippen LogP contribution in [0.15, 0.2) is 0 Å². The van der Waals surface area contributed by atoms with E-state index in [2.05, 4.69) is 10.2 Å². The van der Waals surface area contributed by atoms with Crippen LogP contribution in [0, 0.1) is 11.8 Å². The molecule has 2 aliphatic rings. The normalized spacial score (nSPS) is 29.9. The second kappa shape index (κ2) is 6.34. The Labute approximate surface area is 113 Å². The Balaban J connectivity index is 1.84. The maximum absolute atomic E-state index is 11.5. The number of hydrogen-bond acceptors (Lipinski definition) is 4. The second-order valence-corrected chi connectivity index (χ2v) is 5.34. The van der Waals surface area contributed by atoms with E-state index in [1.807, 2.05) is 0 Å². The minimum Gasteiger partial charge on any atom is -0.469 e. The monoisotopic (exact) mass is 268 g/mol. The molecule has 2 unspecified atom stereocenters. The summed E-state index contributed by atoms with van der Waals surface area (Å²) in [6.07, 6.45) is 3.19. The van der Waals surface area contributed by atoms with Crippen molar-refractivity contribution in [3.63, 3.8) is 0 Å². The fourth-order valence-corrected chi connectivity index (χ4v) is 2.95. The van der Waals surface area contributed by atoms with Crippen molar-refractivity contribution in [2.24, 2.45) is 17.6 Å². The van der Waals surface area contributed by atoms with Crippen LogP contribution >= 0.6 is 0 Å². The van der Waals surface area contributed by atoms with Gasteiger partial charge in [0.2, 0.25) is 5.91 Å². The summed E-state index contributed by atoms with van der Waals surface area (Å²) in [7, 11) is 1.43. The van der Waals surface area contributed by atoms with E-state index < -0.39 is 0 Å². The Morgan fingerprint density at radius 3 is 2.47 bits per heavy atom. The van der Waals surface area contributed by atoms with E-state index in [1.165, 1.54) is 7.11 Å². The van der Waals surface area contributed by atoms with Crippen molar-refractivity contribution in [2.45, 2.75) is 31.8 Å². The van der Waals surface area contributed by atoms with Gasteiger partial charge in [-0.3, -0.25) is 14.5 Å². The molecule has 2 aliphatic heterocycles. The van der Waals surface area contributed by atoms with Gasteiger partial charge in [0.1, 0.15) is 0 Å². The zero-order valence-corrected chi connectivity index (χ0v) is 11.4. The number of primary amides is 1. The maximum Gasteiger partial charge on any atom is 0.308 e. The number of esters is 1. The third-order valence-electron chi connectivity index (χ3n) is 4.20. The third kappa shape index (κ3) is 3.45. The molecule has 0 aromatic rings. The van der Waals surface area contributed by atoms with E-state index in [-0.39, 0.29) is 29.9 Å². The molecule has 2 rings (SSSR count). The molecule has 107 valence electrons. The average Bonchev–Trinajstić information content (AvgIpc) is 2.46. The number of methoxy groups -OCH3 is 1. The fraction of sp³-hybridized carbons (Fsp3) is 0.846. The molecule has 2 heterocycles. The molecular formula is C13H22N3O3. The Morgan fingerprint density at radius 1 is 1.21 bits per heavy atom. The molecule has 0 saturated carbocycles. The van der Waals surface area contributed by atoms with Gasteiger partial charge in [-0.25, -0.2) is 5.32 Å². The first-order valence-corrected chi connectivity index (χ1v) is 6.89. The first kappa shape index (κ1) is 14.3. The van der Waals surface area contributed by atoms with Gasteiger partial charge in [0.15, 0.2) is 0 Å². The third-order valence-corrected chi connectivity index (χ3v) is 4.20. The summed E-state index contributed by atoms with van der Waals surface area (Å²) < 4.78 is 4.78. The van der Waals surface area contributed by atoms with Gasteiger partial charge in [-0.15, -0.1) is 0 Å². The summed E-state index contributed by atoms with van der Waals surface area (Å²) in [5.41, 5.74) is 5.38. The number of rotatable bonds is 3. The molecule has 2 saturated heterocycles. The summed E-state index contributed by atoms with van der Waals surface area (Å²) in [5.74, 6) is -0.378. The Bertz CT molecular complexity index is 340. The number of likely N-dealkylation sites (tertiary alicyclic amines) is 1. The standard InChI is InChI=1S/C13H22N3O3/c1-19-13(18)9-3-6-16(7-4-9)11-8-10(12(14)17)2-5-15-11/h9-11H,2-8H2,1H3,(H2,14,17). The van der Waals surface area contributed by atoms with Crippen molar-refractivity contribution in [1.29, 1.82) is 0 Å². The SMILES string of the molecule is COC(=O)C1CCN(C2CC(C(N)=O)CC[N]2)CC1. The Hall–Kier alpha value is -1.14. The zero-order chi connectivity index (χ0) is 13.8. The molecule has 0 aliphatic carbocycles. The fourth-order valence-electron chi connectivity index (χ4n) is 2.95. The number of hydrogen-bond donors (Lipinski definition) is 1. The minimum absolute atomic E-state index is 0.0109. The highest BCUT2D eigenvalue weighted by Gasteiger charge is 2.33. The van der Waals surface area contributed by atoms with Crippen molar-refractivity contribution >= 4 is 11.9 Å². The van der Waals surface area contributed by atoms with Gasteiger partial charge in [0.05, 0.1) is 19.2 Å². The lowest BCUT2D eigenvalue weighted by atomic mass is 9.92. The van der Waals surface area contributed by atoms with Gasteiger partial charge in [-0.2, -0.15) is 0 Å². The number of ether oxygens (including phenoxy) is 1. The molecule has 19 heavy (non-hydrogen) atoms. The van der Waals surface area contributed by atoms with Gasteiger partial charge in [0.25, 0.3) is 0 Å². The summed E-state index contributed by atoms with van der Waals surface area (Å²) in [6.45, 7) is 2.37. The highest BCUT2D eigenvalue weighted by molar-refractivity contribution is 5.76. The van der Waals surface area contributed by atoms with Gasteiger partial charge >= 0.3 is 5.97 Å². The molecule has 1 amide bonds. The highest BCUT2D eigenvalue weighted by atomic mass is 16.5. The average molecular weight is 268 g/mol. The van der Waals surface area contributed by atoms with E-state index in [1.54, 1.807) is 0 Å². The van der Waals surface area contributed by atoms with Crippen LogP contribution in [0.3, 0.4) is 0 Å². The van der Waals surface area contributed by atoms with Crippen LogP contribution in [0.2, 0.25) is 0 Å². The minimum atomic E-state index is -0.218. The quantitative estimate of drug-likeness (QED) is 0.712. The topological polar surface area (TPSA) is 86.7 Å². The van der Waals surface area contributed by atoms with Crippen LogP contribution < -0.4 is 11.1 Å². The van der Waals surface area contributed by atoms with Gasteiger partial charge in [-0.1, -0.05) is 0 Å². The number of carbonyl (C=O) groups excluding carboxylic acids is 2. The smallest absolute Gasteiger partial charge is 0.308 e. The first-order chi connectivity index (χ1) is 9.11. The van der Waals surface area contributed by atoms with Crippen molar-refractivity contribution in [2.75, 3.05) is 26.7 Å². The van der Waals surface area contributed by atoms with Gasteiger partial charge in [0, 0.05) is 25.6 Å². The molecule has 2 fully saturated rings. The summed E-state index contributed by atoms with van der Waals surface area (Å²) in [5, 5.41) is 4.58. The largest absolute Gasteiger partial charge is 0.469 e. The Kier molecular flexibility index (Phi) is 4.76. The van der Waals surface area contributed by atoms with E-state index in [9.17, 15) is 9.59 Å². The number of nitrogens with zero attached hydrogens (tertiary/aromatic N) is 2. The van der Waals surface area contributed by atoms with E-state index in [0.717, 1.165) is 38.8 Å². The lowest BCUT2D eigenvalue weighted by Gasteiger charge is -2.39. The van der Waals surface area contributed by atoms with E-state index in [4.69, 9.17) is 10.5 Å². The number of piperidine rings is 2. The molecule has 0 aromatic carbocycles. The van der Waals surface area contributed by atoms with Crippen molar-refractivity contribution in [1.82, 2.24) is 10.2 Å². The summed E-state index contributed by atoms with van der Waals surface area (Å²) >= 11 is 0. The zero-order valence-electron chi connectivity index (χ0n) is 11.4. The van der Waals surface area contributed by atoms with Crippen molar-refractivity contribution in [3.05, 3.63) is 0 Å². The molecule has 0 spiro atoms. The van der Waals surface area contributed by atoms with Gasteiger partial charge < -0.3 is 10.5 Å². The molecule has 0 bridgehead atoms. The summed E-state index contributed by atoms with van der Waals surface area (Å²) in [6, 6.07) is 0. The number of carbonyl (C=O) groups is 2. The molecule has 0 aromatic heterocycles. The van der Waals surface area contributed by atoms with Crippen LogP contribution in [0.1, 0.15) is 25.7 Å². The number of nitrogens with two attached hydrogens (primary N) is 1.